The van der Waals surface area contributed by atoms with Crippen molar-refractivity contribution in [3.63, 3.8) is 0 Å². The highest BCUT2D eigenvalue weighted by Crippen LogP contribution is 2.41. The number of amides is 3. The fraction of sp³-hybridized carbons (Fsp3) is 0.619. The largest absolute Gasteiger partial charge is 0.352 e. The summed E-state index contributed by atoms with van der Waals surface area (Å²) in [6.07, 6.45) is 5.45. The van der Waals surface area contributed by atoms with Gasteiger partial charge in [0, 0.05) is 30.2 Å². The average molecular weight is 373 g/mol. The molecule has 2 saturated carbocycles. The Morgan fingerprint density at radius 2 is 1.74 bits per heavy atom. The molecule has 0 aromatic heterocycles. The summed E-state index contributed by atoms with van der Waals surface area (Å²) in [5.41, 5.74) is 8.07. The van der Waals surface area contributed by atoms with Crippen molar-refractivity contribution < 1.29 is 9.59 Å². The van der Waals surface area contributed by atoms with Gasteiger partial charge in [-0.05, 0) is 69.1 Å². The van der Waals surface area contributed by atoms with Gasteiger partial charge in [-0.25, -0.2) is 4.79 Å². The van der Waals surface area contributed by atoms with Crippen LogP contribution >= 0.6 is 0 Å². The van der Waals surface area contributed by atoms with Crippen LogP contribution in [0.15, 0.2) is 24.3 Å². The first-order valence-electron chi connectivity index (χ1n) is 10.1. The number of nitrogens with one attached hydrogen (secondary N) is 3. The van der Waals surface area contributed by atoms with Crippen LogP contribution in [0.2, 0.25) is 0 Å². The zero-order valence-corrected chi connectivity index (χ0v) is 16.3. The van der Waals surface area contributed by atoms with Crippen molar-refractivity contribution in [2.75, 3.05) is 5.32 Å². The summed E-state index contributed by atoms with van der Waals surface area (Å²) in [4.78, 5) is 24.3. The molecule has 2 aliphatic carbocycles. The number of fused-ring (bicyclic) bond motifs is 2. The van der Waals surface area contributed by atoms with Crippen molar-refractivity contribution in [3.8, 4) is 0 Å². The maximum absolute atomic E-state index is 12.6. The van der Waals surface area contributed by atoms with E-state index in [2.05, 4.69) is 16.0 Å². The lowest BCUT2D eigenvalue weighted by Gasteiger charge is -2.43. The predicted octanol–water partition coefficient (Wildman–Crippen LogP) is 2.99. The van der Waals surface area contributed by atoms with Gasteiger partial charge in [-0.3, -0.25) is 4.79 Å². The average Bonchev–Trinajstić information content (AvgIpc) is 2.60. The molecule has 1 aromatic rings. The van der Waals surface area contributed by atoms with Crippen molar-refractivity contribution in [1.82, 2.24) is 10.6 Å². The molecule has 2 aliphatic rings. The molecule has 2 bridgehead atoms. The summed E-state index contributed by atoms with van der Waals surface area (Å²) in [6, 6.07) is 7.72. The number of hydrogen-bond donors (Lipinski definition) is 4. The second kappa shape index (κ2) is 8.74. The molecule has 0 radical (unpaired) electrons. The first-order chi connectivity index (χ1) is 12.9. The van der Waals surface area contributed by atoms with Gasteiger partial charge in [0.1, 0.15) is 0 Å². The predicted molar refractivity (Wildman–Crippen MR) is 107 cm³/mol. The minimum atomic E-state index is -0.216. The zero-order valence-electron chi connectivity index (χ0n) is 16.3. The number of rotatable bonds is 5. The highest BCUT2D eigenvalue weighted by atomic mass is 16.2. The molecule has 6 heteroatoms. The van der Waals surface area contributed by atoms with Crippen molar-refractivity contribution in [1.29, 1.82) is 0 Å². The third-order valence-electron chi connectivity index (χ3n) is 5.88. The van der Waals surface area contributed by atoms with Crippen LogP contribution in [0, 0.1) is 17.8 Å². The van der Waals surface area contributed by atoms with Gasteiger partial charge >= 0.3 is 6.03 Å². The van der Waals surface area contributed by atoms with E-state index in [-0.39, 0.29) is 29.9 Å². The number of benzene rings is 1. The van der Waals surface area contributed by atoms with E-state index in [1.54, 1.807) is 0 Å². The number of carbonyl (C=O) groups excluding carboxylic acids is 2. The number of urea groups is 1. The van der Waals surface area contributed by atoms with Crippen LogP contribution in [0.5, 0.6) is 0 Å². The lowest BCUT2D eigenvalue weighted by Crippen LogP contribution is -2.49. The van der Waals surface area contributed by atoms with E-state index in [1.165, 1.54) is 19.3 Å². The summed E-state index contributed by atoms with van der Waals surface area (Å²) in [5.74, 6) is 1.27. The molecule has 0 heterocycles. The van der Waals surface area contributed by atoms with E-state index >= 15 is 0 Å². The molecule has 1 aromatic carbocycles. The van der Waals surface area contributed by atoms with Crippen molar-refractivity contribution >= 4 is 17.6 Å². The Morgan fingerprint density at radius 1 is 1.11 bits per heavy atom. The van der Waals surface area contributed by atoms with Crippen LogP contribution in [0.3, 0.4) is 0 Å². The minimum absolute atomic E-state index is 0.0911. The van der Waals surface area contributed by atoms with Crippen LogP contribution in [-0.2, 0) is 11.3 Å². The van der Waals surface area contributed by atoms with E-state index in [9.17, 15) is 9.59 Å². The highest BCUT2D eigenvalue weighted by molar-refractivity contribution is 5.89. The Kier molecular flexibility index (Phi) is 6.37. The van der Waals surface area contributed by atoms with Gasteiger partial charge in [-0.1, -0.05) is 18.6 Å². The molecule has 2 atom stereocenters. The van der Waals surface area contributed by atoms with Crippen LogP contribution < -0.4 is 21.7 Å². The summed E-state index contributed by atoms with van der Waals surface area (Å²) in [5, 5.41) is 8.66. The van der Waals surface area contributed by atoms with E-state index in [1.807, 2.05) is 38.1 Å². The molecule has 2 fully saturated rings. The smallest absolute Gasteiger partial charge is 0.319 e. The Bertz CT molecular complexity index is 645. The Labute approximate surface area is 161 Å². The molecular formula is C21H32N4O2. The van der Waals surface area contributed by atoms with E-state index in [0.29, 0.717) is 18.4 Å². The van der Waals surface area contributed by atoms with E-state index in [0.717, 1.165) is 24.1 Å². The van der Waals surface area contributed by atoms with Crippen LogP contribution in [0.25, 0.3) is 0 Å². The van der Waals surface area contributed by atoms with Crippen LogP contribution in [0.4, 0.5) is 10.5 Å². The molecule has 0 saturated heterocycles. The van der Waals surface area contributed by atoms with E-state index < -0.39 is 0 Å². The number of anilines is 1. The molecule has 0 aliphatic heterocycles. The fourth-order valence-corrected chi connectivity index (χ4v) is 4.47. The number of carbonyl (C=O) groups is 2. The fourth-order valence-electron chi connectivity index (χ4n) is 4.47. The minimum Gasteiger partial charge on any atom is -0.352 e. The normalized spacial score (nSPS) is 27.1. The Balaban J connectivity index is 1.47. The molecule has 3 amide bonds. The highest BCUT2D eigenvalue weighted by Gasteiger charge is 2.40. The summed E-state index contributed by atoms with van der Waals surface area (Å²) >= 11 is 0. The molecule has 0 spiro atoms. The van der Waals surface area contributed by atoms with Crippen molar-refractivity contribution in [3.05, 3.63) is 29.8 Å². The van der Waals surface area contributed by atoms with Gasteiger partial charge in [0.2, 0.25) is 5.91 Å². The quantitative estimate of drug-likeness (QED) is 0.640. The third-order valence-corrected chi connectivity index (χ3v) is 5.88. The molecule has 3 rings (SSSR count). The topological polar surface area (TPSA) is 96.2 Å². The van der Waals surface area contributed by atoms with Gasteiger partial charge in [0.05, 0.1) is 0 Å². The van der Waals surface area contributed by atoms with E-state index in [4.69, 9.17) is 5.73 Å². The lowest BCUT2D eigenvalue weighted by molar-refractivity contribution is -0.128. The van der Waals surface area contributed by atoms with Gasteiger partial charge in [-0.15, -0.1) is 0 Å². The maximum atomic E-state index is 12.6. The number of hydrogen-bond acceptors (Lipinski definition) is 3. The molecule has 2 unspecified atom stereocenters. The monoisotopic (exact) mass is 372 g/mol. The Hall–Kier alpha value is -2.08. The molecule has 6 nitrogen and oxygen atoms in total. The standard InChI is InChI=1S/C21H32N4O2/c1-13(2)24-21(27)25-18-8-6-14(7-9-18)12-23-20(26)17-10-15-4-3-5-16(11-17)19(15)22/h6-9,13,15-17,19H,3-5,10-12,22H2,1-2H3,(H,23,26)(H2,24,25,27). The third kappa shape index (κ3) is 5.22. The first-order valence-corrected chi connectivity index (χ1v) is 10.1. The SMILES string of the molecule is CC(C)NC(=O)Nc1ccc(CNC(=O)C2CC3CCCC(C2)C3N)cc1. The maximum Gasteiger partial charge on any atom is 0.319 e. The second-order valence-corrected chi connectivity index (χ2v) is 8.36. The van der Waals surface area contributed by atoms with Crippen LogP contribution in [-0.4, -0.2) is 24.0 Å². The van der Waals surface area contributed by atoms with Gasteiger partial charge in [0.15, 0.2) is 0 Å². The molecular weight excluding hydrogens is 340 g/mol. The van der Waals surface area contributed by atoms with Crippen molar-refractivity contribution in [2.45, 2.75) is 64.6 Å². The van der Waals surface area contributed by atoms with Crippen LogP contribution in [0.1, 0.15) is 51.5 Å². The van der Waals surface area contributed by atoms with Crippen molar-refractivity contribution in [2.24, 2.45) is 23.5 Å². The first kappa shape index (κ1) is 19.7. The van der Waals surface area contributed by atoms with Gasteiger partial charge in [0.25, 0.3) is 0 Å². The summed E-state index contributed by atoms with van der Waals surface area (Å²) in [7, 11) is 0. The summed E-state index contributed by atoms with van der Waals surface area (Å²) < 4.78 is 0. The summed E-state index contributed by atoms with van der Waals surface area (Å²) in [6.45, 7) is 4.34. The second-order valence-electron chi connectivity index (χ2n) is 8.36. The Morgan fingerprint density at radius 3 is 2.33 bits per heavy atom. The molecule has 148 valence electrons. The molecule has 5 N–H and O–H groups in total. The van der Waals surface area contributed by atoms with Gasteiger partial charge in [-0.2, -0.15) is 0 Å². The molecule has 27 heavy (non-hydrogen) atoms. The zero-order chi connectivity index (χ0) is 19.4. The van der Waals surface area contributed by atoms with Gasteiger partial charge < -0.3 is 21.7 Å². The number of nitrogens with two attached hydrogens (primary N) is 1. The lowest BCUT2D eigenvalue weighted by atomic mass is 9.65.